The van der Waals surface area contributed by atoms with E-state index in [-0.39, 0.29) is 5.95 Å². The van der Waals surface area contributed by atoms with E-state index in [9.17, 15) is 4.79 Å². The van der Waals surface area contributed by atoms with Gasteiger partial charge < -0.3 is 5.73 Å². The lowest BCUT2D eigenvalue weighted by Crippen LogP contribution is -2.30. The molecule has 0 saturated heterocycles. The second kappa shape index (κ2) is 3.08. The highest BCUT2D eigenvalue weighted by molar-refractivity contribution is 5.79. The molecule has 3 N–H and O–H groups in total. The largest absolute Gasteiger partial charge is 0.350 e. The van der Waals surface area contributed by atoms with E-state index >= 15 is 0 Å². The zero-order chi connectivity index (χ0) is 9.97. The third kappa shape index (κ3) is 1.48. The molecule has 2 heterocycles. The SMILES string of the molecule is NC(=O)Nn1nnc(-n2ccnn2)n1. The van der Waals surface area contributed by atoms with Crippen LogP contribution in [-0.2, 0) is 0 Å². The van der Waals surface area contributed by atoms with Crippen LogP contribution in [0.5, 0.6) is 0 Å². The third-order valence-electron chi connectivity index (χ3n) is 1.24. The number of nitrogens with two attached hydrogens (primary N) is 1. The van der Waals surface area contributed by atoms with Crippen LogP contribution in [0.4, 0.5) is 4.79 Å². The van der Waals surface area contributed by atoms with Crippen molar-refractivity contribution in [2.24, 2.45) is 5.73 Å². The predicted octanol–water partition coefficient (Wildman–Crippen LogP) is -2.12. The zero-order valence-corrected chi connectivity index (χ0v) is 6.77. The summed E-state index contributed by atoms with van der Waals surface area (Å²) in [5, 5.41) is 18.0. The first-order valence-electron chi connectivity index (χ1n) is 3.49. The number of urea groups is 1. The number of primary amides is 1. The average molecular weight is 195 g/mol. The van der Waals surface area contributed by atoms with Crippen LogP contribution >= 0.6 is 0 Å². The number of carbonyl (C=O) groups is 1. The van der Waals surface area contributed by atoms with Gasteiger partial charge in [-0.25, -0.2) is 10.2 Å². The number of hydrogen-bond acceptors (Lipinski definition) is 6. The van der Waals surface area contributed by atoms with Gasteiger partial charge in [-0.05, 0) is 5.21 Å². The zero-order valence-electron chi connectivity index (χ0n) is 6.77. The number of nitrogens with one attached hydrogen (secondary N) is 1. The molecule has 0 aromatic carbocycles. The van der Waals surface area contributed by atoms with Crippen molar-refractivity contribution >= 4 is 6.03 Å². The molecule has 0 saturated carbocycles. The van der Waals surface area contributed by atoms with Gasteiger partial charge >= 0.3 is 6.03 Å². The van der Waals surface area contributed by atoms with Gasteiger partial charge in [-0.3, -0.25) is 0 Å². The minimum Gasteiger partial charge on any atom is -0.350 e. The molecule has 0 aliphatic carbocycles. The van der Waals surface area contributed by atoms with Crippen molar-refractivity contribution in [1.82, 2.24) is 35.3 Å². The molecule has 0 atom stereocenters. The van der Waals surface area contributed by atoms with Gasteiger partial charge in [0.05, 0.1) is 12.4 Å². The van der Waals surface area contributed by atoms with Crippen LogP contribution in [0.15, 0.2) is 12.4 Å². The second-order valence-electron chi connectivity index (χ2n) is 2.20. The van der Waals surface area contributed by atoms with E-state index < -0.39 is 6.03 Å². The minimum absolute atomic E-state index is 0.177. The van der Waals surface area contributed by atoms with E-state index in [1.165, 1.54) is 17.1 Å². The van der Waals surface area contributed by atoms with Gasteiger partial charge in [0, 0.05) is 0 Å². The summed E-state index contributed by atoms with van der Waals surface area (Å²) in [6.07, 6.45) is 2.99. The quantitative estimate of drug-likeness (QED) is 0.563. The van der Waals surface area contributed by atoms with Crippen molar-refractivity contribution in [3.63, 3.8) is 0 Å². The molecule has 10 nitrogen and oxygen atoms in total. The van der Waals surface area contributed by atoms with E-state index in [1.807, 2.05) is 0 Å². The highest BCUT2D eigenvalue weighted by Gasteiger charge is 2.05. The molecule has 2 aromatic heterocycles. The van der Waals surface area contributed by atoms with Gasteiger partial charge in [-0.1, -0.05) is 20.3 Å². The molecular formula is C4H5N9O. The highest BCUT2D eigenvalue weighted by atomic mass is 16.2. The van der Waals surface area contributed by atoms with E-state index in [2.05, 4.69) is 31.1 Å². The second-order valence-corrected chi connectivity index (χ2v) is 2.20. The summed E-state index contributed by atoms with van der Waals surface area (Å²) in [5.41, 5.74) is 6.94. The Labute approximate surface area is 76.7 Å². The van der Waals surface area contributed by atoms with E-state index in [0.717, 1.165) is 4.91 Å². The molecule has 10 heteroatoms. The van der Waals surface area contributed by atoms with Crippen LogP contribution in [0.1, 0.15) is 0 Å². The summed E-state index contributed by atoms with van der Waals surface area (Å²) >= 11 is 0. The maximum atomic E-state index is 10.4. The standard InChI is InChI=1S/C4H5N9O/c5-3(14)8-13-9-4(7-11-13)12-2-1-6-10-12/h1-2H,(H3,5,8,14). The number of carbonyl (C=O) groups excluding carboxylic acids is 1. The van der Waals surface area contributed by atoms with Crippen LogP contribution < -0.4 is 11.2 Å². The summed E-state index contributed by atoms with van der Waals surface area (Å²) in [5.74, 6) is 0.177. The van der Waals surface area contributed by atoms with Gasteiger partial charge in [0.15, 0.2) is 0 Å². The Bertz CT molecular complexity index is 429. The smallest absolute Gasteiger partial charge is 0.333 e. The topological polar surface area (TPSA) is 129 Å². The molecule has 2 aromatic rings. The van der Waals surface area contributed by atoms with Crippen molar-refractivity contribution in [2.45, 2.75) is 0 Å². The van der Waals surface area contributed by atoms with Crippen molar-refractivity contribution in [1.29, 1.82) is 0 Å². The fraction of sp³-hybridized carbons (Fsp3) is 0. The maximum Gasteiger partial charge on any atom is 0.333 e. The van der Waals surface area contributed by atoms with Crippen LogP contribution in [0.2, 0.25) is 0 Å². The fourth-order valence-corrected chi connectivity index (χ4v) is 0.760. The molecule has 72 valence electrons. The fourth-order valence-electron chi connectivity index (χ4n) is 0.760. The molecule has 0 fully saturated rings. The molecule has 0 radical (unpaired) electrons. The summed E-state index contributed by atoms with van der Waals surface area (Å²) < 4.78 is 1.28. The Kier molecular flexibility index (Phi) is 1.78. The normalized spacial score (nSPS) is 10.0. The molecule has 2 rings (SSSR count). The molecule has 0 aliphatic rings. The number of amides is 2. The number of tetrazole rings is 1. The van der Waals surface area contributed by atoms with E-state index in [4.69, 9.17) is 5.73 Å². The summed E-state index contributed by atoms with van der Waals surface area (Å²) in [6.45, 7) is 0. The number of hydrogen-bond donors (Lipinski definition) is 2. The molecule has 0 aliphatic heterocycles. The third-order valence-corrected chi connectivity index (χ3v) is 1.24. The molecule has 0 unspecified atom stereocenters. The number of nitrogens with zero attached hydrogens (tertiary/aromatic N) is 7. The van der Waals surface area contributed by atoms with Gasteiger partial charge in [0.2, 0.25) is 0 Å². The predicted molar refractivity (Wildman–Crippen MR) is 41.7 cm³/mol. The van der Waals surface area contributed by atoms with Crippen molar-refractivity contribution in [2.75, 3.05) is 5.43 Å². The molecular weight excluding hydrogens is 190 g/mol. The Morgan fingerprint density at radius 1 is 1.50 bits per heavy atom. The average Bonchev–Trinajstić information content (AvgIpc) is 2.69. The van der Waals surface area contributed by atoms with Crippen molar-refractivity contribution < 1.29 is 4.79 Å². The Hall–Kier alpha value is -2.52. The summed E-state index contributed by atoms with van der Waals surface area (Å²) in [6, 6.07) is -0.785. The summed E-state index contributed by atoms with van der Waals surface area (Å²) in [4.78, 5) is 11.2. The van der Waals surface area contributed by atoms with Crippen LogP contribution in [-0.4, -0.2) is 41.3 Å². The van der Waals surface area contributed by atoms with Crippen LogP contribution in [0.25, 0.3) is 5.95 Å². The highest BCUT2D eigenvalue weighted by Crippen LogP contribution is 1.91. The van der Waals surface area contributed by atoms with Gasteiger partial charge in [0.1, 0.15) is 0 Å². The van der Waals surface area contributed by atoms with Crippen LogP contribution in [0.3, 0.4) is 0 Å². The molecule has 2 amide bonds. The Morgan fingerprint density at radius 2 is 2.36 bits per heavy atom. The molecule has 14 heavy (non-hydrogen) atoms. The Balaban J connectivity index is 2.22. The first kappa shape index (κ1) is 8.10. The molecule has 0 bridgehead atoms. The lowest BCUT2D eigenvalue weighted by Gasteiger charge is -1.94. The van der Waals surface area contributed by atoms with Gasteiger partial charge in [-0.2, -0.15) is 4.68 Å². The lowest BCUT2D eigenvalue weighted by molar-refractivity contribution is 0.255. The van der Waals surface area contributed by atoms with E-state index in [1.54, 1.807) is 0 Å². The lowest BCUT2D eigenvalue weighted by atomic mass is 10.9. The van der Waals surface area contributed by atoms with Crippen molar-refractivity contribution in [3.05, 3.63) is 12.4 Å². The van der Waals surface area contributed by atoms with Crippen LogP contribution in [0, 0.1) is 0 Å². The van der Waals surface area contributed by atoms with E-state index in [0.29, 0.717) is 0 Å². The maximum absolute atomic E-state index is 10.4. The number of rotatable bonds is 2. The molecule has 0 spiro atoms. The van der Waals surface area contributed by atoms with Gasteiger partial charge in [-0.15, -0.1) is 5.10 Å². The minimum atomic E-state index is -0.785. The first-order chi connectivity index (χ1) is 6.75. The van der Waals surface area contributed by atoms with Crippen molar-refractivity contribution in [3.8, 4) is 5.95 Å². The Morgan fingerprint density at radius 3 is 3.00 bits per heavy atom. The summed E-state index contributed by atoms with van der Waals surface area (Å²) in [7, 11) is 0. The number of aromatic nitrogens is 7. The first-order valence-corrected chi connectivity index (χ1v) is 3.49. The monoisotopic (exact) mass is 195 g/mol. The van der Waals surface area contributed by atoms with Gasteiger partial charge in [0.25, 0.3) is 5.95 Å².